The number of hydrogen-bond donors (Lipinski definition) is 2. The van der Waals surface area contributed by atoms with Gasteiger partial charge < -0.3 is 15.2 Å². The van der Waals surface area contributed by atoms with Crippen molar-refractivity contribution in [3.8, 4) is 0 Å². The van der Waals surface area contributed by atoms with E-state index in [0.717, 1.165) is 0 Å². The van der Waals surface area contributed by atoms with E-state index in [0.29, 0.717) is 6.61 Å². The minimum Gasteiger partial charge on any atom is -0.395 e. The molecule has 2 rings (SSSR count). The van der Waals surface area contributed by atoms with Gasteiger partial charge in [-0.25, -0.2) is 0 Å². The van der Waals surface area contributed by atoms with Gasteiger partial charge in [0.05, 0.1) is 25.4 Å². The molecule has 17 heavy (non-hydrogen) atoms. The Bertz CT molecular complexity index is 364. The molecular formula is C14H19NO2. The van der Waals surface area contributed by atoms with Crippen molar-refractivity contribution in [2.24, 2.45) is 0 Å². The lowest BCUT2D eigenvalue weighted by Gasteiger charge is -2.25. The van der Waals surface area contributed by atoms with Gasteiger partial charge in [-0.1, -0.05) is 42.5 Å². The summed E-state index contributed by atoms with van der Waals surface area (Å²) >= 11 is 0. The van der Waals surface area contributed by atoms with Gasteiger partial charge >= 0.3 is 0 Å². The van der Waals surface area contributed by atoms with Gasteiger partial charge in [0.1, 0.15) is 0 Å². The van der Waals surface area contributed by atoms with E-state index in [1.54, 1.807) is 0 Å². The topological polar surface area (TPSA) is 41.5 Å². The van der Waals surface area contributed by atoms with Crippen LogP contribution in [0.25, 0.3) is 0 Å². The van der Waals surface area contributed by atoms with E-state index in [2.05, 4.69) is 24.4 Å². The Kier molecular flexibility index (Phi) is 4.31. The molecule has 0 saturated heterocycles. The molecule has 0 unspecified atom stereocenters. The largest absolute Gasteiger partial charge is 0.395 e. The van der Waals surface area contributed by atoms with Crippen LogP contribution in [0.2, 0.25) is 0 Å². The zero-order valence-electron chi connectivity index (χ0n) is 10.0. The molecule has 0 fully saturated rings. The van der Waals surface area contributed by atoms with Crippen molar-refractivity contribution in [1.82, 2.24) is 5.32 Å². The summed E-state index contributed by atoms with van der Waals surface area (Å²) in [6, 6.07) is 10.4. The van der Waals surface area contributed by atoms with Crippen LogP contribution in [-0.4, -0.2) is 30.5 Å². The molecule has 3 heteroatoms. The molecule has 0 aromatic heterocycles. The predicted molar refractivity (Wildman–Crippen MR) is 67.7 cm³/mol. The molecule has 92 valence electrons. The van der Waals surface area contributed by atoms with E-state index in [9.17, 15) is 5.11 Å². The fourth-order valence-electron chi connectivity index (χ4n) is 2.07. The highest BCUT2D eigenvalue weighted by molar-refractivity contribution is 5.18. The van der Waals surface area contributed by atoms with Crippen LogP contribution in [-0.2, 0) is 4.74 Å². The van der Waals surface area contributed by atoms with E-state index in [-0.39, 0.29) is 24.8 Å². The number of aliphatic hydroxyl groups excluding tert-OH is 1. The molecule has 0 bridgehead atoms. The summed E-state index contributed by atoms with van der Waals surface area (Å²) in [5.41, 5.74) is 1.22. The summed E-state index contributed by atoms with van der Waals surface area (Å²) in [4.78, 5) is 0. The maximum Gasteiger partial charge on any atom is 0.0936 e. The predicted octanol–water partition coefficient (Wildman–Crippen LogP) is 1.65. The van der Waals surface area contributed by atoms with Gasteiger partial charge in [0.25, 0.3) is 0 Å². The smallest absolute Gasteiger partial charge is 0.0936 e. The number of ether oxygens (including phenoxy) is 1. The van der Waals surface area contributed by atoms with Crippen LogP contribution in [0, 0.1) is 0 Å². The molecule has 3 nitrogen and oxygen atoms in total. The Morgan fingerprint density at radius 2 is 2.18 bits per heavy atom. The SMILES string of the molecule is C[C@@H](N[C@H](CO)[C@H]1C=CCO1)c1ccccc1. The van der Waals surface area contributed by atoms with Crippen LogP contribution in [0.1, 0.15) is 18.5 Å². The zero-order chi connectivity index (χ0) is 12.1. The zero-order valence-corrected chi connectivity index (χ0v) is 10.0. The van der Waals surface area contributed by atoms with E-state index in [4.69, 9.17) is 4.74 Å². The minimum absolute atomic E-state index is 0.0221. The van der Waals surface area contributed by atoms with Crippen molar-refractivity contribution in [3.05, 3.63) is 48.0 Å². The van der Waals surface area contributed by atoms with Gasteiger partial charge in [-0.05, 0) is 12.5 Å². The van der Waals surface area contributed by atoms with E-state index < -0.39 is 0 Å². The Hall–Kier alpha value is -1.16. The first-order valence-corrected chi connectivity index (χ1v) is 6.01. The van der Waals surface area contributed by atoms with Gasteiger partial charge in [-0.2, -0.15) is 0 Å². The lowest BCUT2D eigenvalue weighted by atomic mass is 10.1. The third-order valence-corrected chi connectivity index (χ3v) is 3.07. The maximum atomic E-state index is 9.41. The summed E-state index contributed by atoms with van der Waals surface area (Å²) in [6.45, 7) is 2.81. The summed E-state index contributed by atoms with van der Waals surface area (Å²) in [5.74, 6) is 0. The molecule has 1 aromatic carbocycles. The highest BCUT2D eigenvalue weighted by Gasteiger charge is 2.23. The molecule has 0 radical (unpaired) electrons. The molecule has 1 heterocycles. The molecule has 3 atom stereocenters. The van der Waals surface area contributed by atoms with Crippen molar-refractivity contribution in [2.45, 2.75) is 25.1 Å². The standard InChI is InChI=1S/C14H19NO2/c1-11(12-6-3-2-4-7-12)15-13(10-16)14-8-5-9-17-14/h2-8,11,13-16H,9-10H2,1H3/t11-,13-,14-/m1/s1. The average Bonchev–Trinajstić information content (AvgIpc) is 2.90. The Balaban J connectivity index is 1.96. The lowest BCUT2D eigenvalue weighted by molar-refractivity contribution is 0.0670. The van der Waals surface area contributed by atoms with Crippen LogP contribution in [0.4, 0.5) is 0 Å². The van der Waals surface area contributed by atoms with Crippen LogP contribution in [0.15, 0.2) is 42.5 Å². The normalized spacial score (nSPS) is 22.6. The Morgan fingerprint density at radius 1 is 1.41 bits per heavy atom. The molecule has 0 saturated carbocycles. The number of benzene rings is 1. The first-order chi connectivity index (χ1) is 8.31. The van der Waals surface area contributed by atoms with Crippen LogP contribution in [0.3, 0.4) is 0 Å². The average molecular weight is 233 g/mol. The molecule has 0 spiro atoms. The fourth-order valence-corrected chi connectivity index (χ4v) is 2.07. The van der Waals surface area contributed by atoms with Gasteiger partial charge in [0, 0.05) is 6.04 Å². The first kappa shape index (κ1) is 12.3. The van der Waals surface area contributed by atoms with Gasteiger partial charge in [-0.15, -0.1) is 0 Å². The van der Waals surface area contributed by atoms with Crippen LogP contribution in [0.5, 0.6) is 0 Å². The van der Waals surface area contributed by atoms with E-state index in [1.165, 1.54) is 5.56 Å². The maximum absolute atomic E-state index is 9.41. The summed E-state index contributed by atoms with van der Waals surface area (Å²) in [6.07, 6.45) is 3.97. The highest BCUT2D eigenvalue weighted by Crippen LogP contribution is 2.15. The van der Waals surface area contributed by atoms with Gasteiger partial charge in [-0.3, -0.25) is 0 Å². The van der Waals surface area contributed by atoms with E-state index in [1.807, 2.05) is 30.4 Å². The molecule has 0 aliphatic carbocycles. The highest BCUT2D eigenvalue weighted by atomic mass is 16.5. The summed E-state index contributed by atoms with van der Waals surface area (Å²) in [5, 5.41) is 12.8. The van der Waals surface area contributed by atoms with Gasteiger partial charge in [0.2, 0.25) is 0 Å². The molecule has 1 aliphatic rings. The first-order valence-electron chi connectivity index (χ1n) is 6.01. The number of nitrogens with one attached hydrogen (secondary N) is 1. The fraction of sp³-hybridized carbons (Fsp3) is 0.429. The Morgan fingerprint density at radius 3 is 2.76 bits per heavy atom. The second-order valence-electron chi connectivity index (χ2n) is 4.31. The van der Waals surface area contributed by atoms with E-state index >= 15 is 0 Å². The third kappa shape index (κ3) is 3.16. The van der Waals surface area contributed by atoms with Crippen molar-refractivity contribution < 1.29 is 9.84 Å². The van der Waals surface area contributed by atoms with Gasteiger partial charge in [0.15, 0.2) is 0 Å². The summed E-state index contributed by atoms with van der Waals surface area (Å²) in [7, 11) is 0. The quantitative estimate of drug-likeness (QED) is 0.760. The minimum atomic E-state index is -0.0519. The van der Waals surface area contributed by atoms with Crippen molar-refractivity contribution in [3.63, 3.8) is 0 Å². The summed E-state index contributed by atoms with van der Waals surface area (Å²) < 4.78 is 5.51. The molecule has 0 amide bonds. The Labute approximate surface area is 102 Å². The van der Waals surface area contributed by atoms with Crippen molar-refractivity contribution in [1.29, 1.82) is 0 Å². The number of aliphatic hydroxyl groups is 1. The molecule has 1 aliphatic heterocycles. The second-order valence-corrected chi connectivity index (χ2v) is 4.31. The second kappa shape index (κ2) is 5.96. The number of rotatable bonds is 5. The third-order valence-electron chi connectivity index (χ3n) is 3.07. The number of hydrogen-bond acceptors (Lipinski definition) is 3. The molecule has 1 aromatic rings. The van der Waals surface area contributed by atoms with Crippen molar-refractivity contribution in [2.75, 3.05) is 13.2 Å². The lowest BCUT2D eigenvalue weighted by Crippen LogP contribution is -2.43. The van der Waals surface area contributed by atoms with Crippen LogP contribution < -0.4 is 5.32 Å². The van der Waals surface area contributed by atoms with Crippen LogP contribution >= 0.6 is 0 Å². The molecule has 2 N–H and O–H groups in total. The molecular weight excluding hydrogens is 214 g/mol. The van der Waals surface area contributed by atoms with Crippen molar-refractivity contribution >= 4 is 0 Å². The monoisotopic (exact) mass is 233 g/mol.